The van der Waals surface area contributed by atoms with Crippen LogP contribution in [0.4, 0.5) is 0 Å². The van der Waals surface area contributed by atoms with Gasteiger partial charge in [0.05, 0.1) is 12.2 Å². The first-order valence-electron chi connectivity index (χ1n) is 7.44. The number of ether oxygens (including phenoxy) is 1. The summed E-state index contributed by atoms with van der Waals surface area (Å²) >= 11 is 3.71. The monoisotopic (exact) mass is 340 g/mol. The first kappa shape index (κ1) is 16.0. The van der Waals surface area contributed by atoms with E-state index in [2.05, 4.69) is 65.1 Å². The van der Waals surface area contributed by atoms with Gasteiger partial charge in [0.2, 0.25) is 0 Å². The van der Waals surface area contributed by atoms with Gasteiger partial charge in [-0.3, -0.25) is 4.90 Å². The Morgan fingerprint density at radius 1 is 1.30 bits per heavy atom. The second kappa shape index (κ2) is 7.55. The first-order valence-corrected chi connectivity index (χ1v) is 8.23. The van der Waals surface area contributed by atoms with Gasteiger partial charge in [0, 0.05) is 30.7 Å². The Balaban J connectivity index is 1.98. The van der Waals surface area contributed by atoms with E-state index >= 15 is 0 Å². The Bertz CT molecular complexity index is 428. The normalized spacial score (nSPS) is 24.0. The molecule has 1 aromatic carbocycles. The third-order valence-electron chi connectivity index (χ3n) is 3.59. The van der Waals surface area contributed by atoms with Crippen LogP contribution in [0.25, 0.3) is 0 Å². The predicted octanol–water partition coefficient (Wildman–Crippen LogP) is 3.17. The van der Waals surface area contributed by atoms with E-state index in [4.69, 9.17) is 4.74 Å². The first-order chi connectivity index (χ1) is 9.58. The minimum absolute atomic E-state index is 0.325. The molecule has 0 bridgehead atoms. The lowest BCUT2D eigenvalue weighted by Gasteiger charge is -2.35. The molecule has 1 saturated heterocycles. The van der Waals surface area contributed by atoms with Crippen molar-refractivity contribution in [2.75, 3.05) is 19.6 Å². The number of hydrogen-bond acceptors (Lipinski definition) is 3. The minimum Gasteiger partial charge on any atom is -0.373 e. The fraction of sp³-hybridized carbons (Fsp3) is 0.625. The van der Waals surface area contributed by atoms with Crippen LogP contribution in [0.2, 0.25) is 0 Å². The van der Waals surface area contributed by atoms with Gasteiger partial charge in [0.15, 0.2) is 0 Å². The molecule has 0 unspecified atom stereocenters. The maximum atomic E-state index is 5.79. The predicted molar refractivity (Wildman–Crippen MR) is 86.8 cm³/mol. The van der Waals surface area contributed by atoms with Gasteiger partial charge in [-0.25, -0.2) is 0 Å². The molecule has 0 radical (unpaired) electrons. The Hall–Kier alpha value is -0.420. The Morgan fingerprint density at radius 3 is 2.60 bits per heavy atom. The van der Waals surface area contributed by atoms with Crippen LogP contribution < -0.4 is 5.32 Å². The summed E-state index contributed by atoms with van der Waals surface area (Å²) in [7, 11) is 0. The molecule has 0 aromatic heterocycles. The van der Waals surface area contributed by atoms with Crippen molar-refractivity contribution >= 4 is 15.9 Å². The molecule has 1 fully saturated rings. The van der Waals surface area contributed by atoms with Crippen molar-refractivity contribution in [1.29, 1.82) is 0 Å². The van der Waals surface area contributed by atoms with Crippen molar-refractivity contribution in [3.8, 4) is 0 Å². The molecule has 1 aliphatic rings. The number of halogens is 1. The van der Waals surface area contributed by atoms with Crippen LogP contribution in [-0.2, 0) is 17.8 Å². The highest BCUT2D eigenvalue weighted by molar-refractivity contribution is 9.10. The summed E-state index contributed by atoms with van der Waals surface area (Å²) in [5.41, 5.74) is 2.68. The molecule has 1 aliphatic heterocycles. The molecule has 1 N–H and O–H groups in total. The fourth-order valence-corrected chi connectivity index (χ4v) is 3.30. The van der Waals surface area contributed by atoms with Gasteiger partial charge in [0.25, 0.3) is 0 Å². The molecule has 0 saturated carbocycles. The Morgan fingerprint density at radius 2 is 2.00 bits per heavy atom. The van der Waals surface area contributed by atoms with E-state index in [1.807, 2.05) is 0 Å². The zero-order valence-electron chi connectivity index (χ0n) is 12.7. The molecule has 0 spiro atoms. The van der Waals surface area contributed by atoms with Gasteiger partial charge in [-0.2, -0.15) is 0 Å². The van der Waals surface area contributed by atoms with Crippen molar-refractivity contribution in [3.63, 3.8) is 0 Å². The smallest absolute Gasteiger partial charge is 0.0678 e. The molecular weight excluding hydrogens is 316 g/mol. The van der Waals surface area contributed by atoms with Crippen molar-refractivity contribution in [2.24, 2.45) is 0 Å². The van der Waals surface area contributed by atoms with Gasteiger partial charge >= 0.3 is 0 Å². The lowest BCUT2D eigenvalue weighted by molar-refractivity contribution is -0.0705. The highest BCUT2D eigenvalue weighted by Crippen LogP contribution is 2.22. The van der Waals surface area contributed by atoms with Crippen LogP contribution in [-0.4, -0.2) is 36.7 Å². The molecule has 112 valence electrons. The number of nitrogens with zero attached hydrogens (tertiary/aromatic N) is 1. The van der Waals surface area contributed by atoms with E-state index in [0.29, 0.717) is 12.2 Å². The molecular formula is C16H25BrN2O. The lowest BCUT2D eigenvalue weighted by atomic mass is 10.1. The highest BCUT2D eigenvalue weighted by atomic mass is 79.9. The van der Waals surface area contributed by atoms with Gasteiger partial charge in [-0.1, -0.05) is 35.0 Å². The zero-order valence-corrected chi connectivity index (χ0v) is 14.2. The van der Waals surface area contributed by atoms with E-state index < -0.39 is 0 Å². The Kier molecular flexibility index (Phi) is 6.02. The molecule has 20 heavy (non-hydrogen) atoms. The molecule has 3 nitrogen and oxygen atoms in total. The average molecular weight is 341 g/mol. The number of hydrogen-bond donors (Lipinski definition) is 1. The van der Waals surface area contributed by atoms with E-state index in [-0.39, 0.29) is 0 Å². The summed E-state index contributed by atoms with van der Waals surface area (Å²) in [6.07, 6.45) is 0.649. The molecule has 2 rings (SSSR count). The van der Waals surface area contributed by atoms with E-state index in [1.165, 1.54) is 15.6 Å². The summed E-state index contributed by atoms with van der Waals surface area (Å²) in [6, 6.07) is 6.68. The third kappa shape index (κ3) is 4.55. The van der Waals surface area contributed by atoms with Crippen LogP contribution in [0.15, 0.2) is 22.7 Å². The van der Waals surface area contributed by atoms with Gasteiger partial charge in [-0.15, -0.1) is 0 Å². The van der Waals surface area contributed by atoms with E-state index in [0.717, 1.165) is 32.7 Å². The SMILES string of the molecule is CCNCc1ccc(CN2C[C@@H](C)O[C@@H](C)C2)c(Br)c1. The van der Waals surface area contributed by atoms with Crippen LogP contribution >= 0.6 is 15.9 Å². The summed E-state index contributed by atoms with van der Waals surface area (Å²) in [6.45, 7) is 11.4. The molecule has 1 heterocycles. The van der Waals surface area contributed by atoms with Crippen molar-refractivity contribution in [1.82, 2.24) is 10.2 Å². The molecule has 1 aromatic rings. The van der Waals surface area contributed by atoms with Crippen molar-refractivity contribution < 1.29 is 4.74 Å². The molecule has 4 heteroatoms. The number of rotatable bonds is 5. The summed E-state index contributed by atoms with van der Waals surface area (Å²) < 4.78 is 6.99. The molecule has 0 amide bonds. The minimum atomic E-state index is 0.325. The maximum Gasteiger partial charge on any atom is 0.0678 e. The van der Waals surface area contributed by atoms with Gasteiger partial charge in [-0.05, 0) is 37.6 Å². The lowest BCUT2D eigenvalue weighted by Crippen LogP contribution is -2.44. The molecule has 2 atom stereocenters. The van der Waals surface area contributed by atoms with Crippen LogP contribution in [0.1, 0.15) is 31.9 Å². The van der Waals surface area contributed by atoms with Crippen molar-refractivity contribution in [2.45, 2.75) is 46.1 Å². The number of benzene rings is 1. The average Bonchev–Trinajstić information content (AvgIpc) is 2.38. The Labute approximate surface area is 130 Å². The number of morpholine rings is 1. The zero-order chi connectivity index (χ0) is 14.5. The third-order valence-corrected chi connectivity index (χ3v) is 4.32. The standard InChI is InChI=1S/C16H25BrN2O/c1-4-18-8-14-5-6-15(16(17)7-14)11-19-9-12(2)20-13(3)10-19/h5-7,12-13,18H,4,8-11H2,1-3H3/t12-,13+. The largest absolute Gasteiger partial charge is 0.373 e. The van der Waals surface area contributed by atoms with E-state index in [1.54, 1.807) is 0 Å². The van der Waals surface area contributed by atoms with Crippen LogP contribution in [0.5, 0.6) is 0 Å². The second-order valence-electron chi connectivity index (χ2n) is 5.66. The number of nitrogens with one attached hydrogen (secondary N) is 1. The van der Waals surface area contributed by atoms with Crippen LogP contribution in [0, 0.1) is 0 Å². The topological polar surface area (TPSA) is 24.5 Å². The summed E-state index contributed by atoms with van der Waals surface area (Å²) in [4.78, 5) is 2.48. The highest BCUT2D eigenvalue weighted by Gasteiger charge is 2.22. The van der Waals surface area contributed by atoms with Crippen LogP contribution in [0.3, 0.4) is 0 Å². The maximum absolute atomic E-state index is 5.79. The summed E-state index contributed by atoms with van der Waals surface area (Å²) in [5, 5.41) is 3.36. The van der Waals surface area contributed by atoms with E-state index in [9.17, 15) is 0 Å². The summed E-state index contributed by atoms with van der Waals surface area (Å²) in [5.74, 6) is 0. The quantitative estimate of drug-likeness (QED) is 0.890. The second-order valence-corrected chi connectivity index (χ2v) is 6.51. The van der Waals surface area contributed by atoms with Gasteiger partial charge in [0.1, 0.15) is 0 Å². The fourth-order valence-electron chi connectivity index (χ4n) is 2.75. The molecule has 0 aliphatic carbocycles. The van der Waals surface area contributed by atoms with Gasteiger partial charge < -0.3 is 10.1 Å². The van der Waals surface area contributed by atoms with Crippen molar-refractivity contribution in [3.05, 3.63) is 33.8 Å².